The lowest BCUT2D eigenvalue weighted by atomic mass is 10.0. The average Bonchev–Trinajstić information content (AvgIpc) is 2.54. The molecule has 0 saturated carbocycles. The number of rotatable bonds is 7. The molecular weight excluding hydrogens is 339 g/mol. The van der Waals surface area contributed by atoms with Crippen molar-refractivity contribution in [1.82, 2.24) is 0 Å². The third kappa shape index (κ3) is 5.16. The summed E-state index contributed by atoms with van der Waals surface area (Å²) in [7, 11) is 0. The summed E-state index contributed by atoms with van der Waals surface area (Å²) in [5.74, 6) is -0.249. The van der Waals surface area contributed by atoms with Crippen LogP contribution in [0.2, 0.25) is 0 Å². The van der Waals surface area contributed by atoms with E-state index < -0.39 is 11.0 Å². The van der Waals surface area contributed by atoms with E-state index in [1.165, 1.54) is 24.3 Å². The minimum Gasteiger partial charge on any atom is -0.482 e. The Kier molecular flexibility index (Phi) is 7.57. The maximum atomic E-state index is 12.8. The van der Waals surface area contributed by atoms with Gasteiger partial charge in [-0.3, -0.25) is 10.1 Å². The van der Waals surface area contributed by atoms with Gasteiger partial charge in [-0.25, -0.2) is 4.39 Å². The third-order valence-electron chi connectivity index (χ3n) is 3.36. The minimum absolute atomic E-state index is 0. The maximum absolute atomic E-state index is 12.8. The SMILES string of the molecule is Cl.NC(CCO)c1ccc(OCc2ccc(F)cc2)c([N+](=O)[O-])c1. The van der Waals surface area contributed by atoms with Gasteiger partial charge in [0.05, 0.1) is 4.92 Å². The van der Waals surface area contributed by atoms with Crippen LogP contribution in [0.3, 0.4) is 0 Å². The second-order valence-electron chi connectivity index (χ2n) is 5.02. The van der Waals surface area contributed by atoms with Crippen molar-refractivity contribution in [2.24, 2.45) is 5.73 Å². The molecular formula is C16H18ClFN2O4. The highest BCUT2D eigenvalue weighted by Gasteiger charge is 2.18. The van der Waals surface area contributed by atoms with Gasteiger partial charge in [0.15, 0.2) is 5.75 Å². The van der Waals surface area contributed by atoms with Gasteiger partial charge in [-0.1, -0.05) is 18.2 Å². The topological polar surface area (TPSA) is 98.6 Å². The van der Waals surface area contributed by atoms with Crippen molar-refractivity contribution in [2.45, 2.75) is 19.1 Å². The van der Waals surface area contributed by atoms with Crippen molar-refractivity contribution in [3.63, 3.8) is 0 Å². The second kappa shape index (κ2) is 9.17. The Labute approximate surface area is 144 Å². The normalized spacial score (nSPS) is 11.5. The average molecular weight is 357 g/mol. The van der Waals surface area contributed by atoms with Gasteiger partial charge in [0.1, 0.15) is 12.4 Å². The van der Waals surface area contributed by atoms with Crippen LogP contribution in [0.15, 0.2) is 42.5 Å². The molecule has 0 aliphatic heterocycles. The highest BCUT2D eigenvalue weighted by molar-refractivity contribution is 5.85. The van der Waals surface area contributed by atoms with Gasteiger partial charge in [0.25, 0.3) is 0 Å². The molecule has 2 aromatic rings. The van der Waals surface area contributed by atoms with Crippen LogP contribution >= 0.6 is 12.4 Å². The first-order chi connectivity index (χ1) is 11.0. The number of ether oxygens (including phenoxy) is 1. The zero-order chi connectivity index (χ0) is 16.8. The van der Waals surface area contributed by atoms with Crippen molar-refractivity contribution in [2.75, 3.05) is 6.61 Å². The van der Waals surface area contributed by atoms with E-state index in [1.807, 2.05) is 0 Å². The molecule has 0 aliphatic carbocycles. The Hall–Kier alpha value is -2.22. The van der Waals surface area contributed by atoms with E-state index in [-0.39, 0.29) is 42.9 Å². The fourth-order valence-corrected chi connectivity index (χ4v) is 2.08. The predicted molar refractivity (Wildman–Crippen MR) is 89.7 cm³/mol. The molecule has 2 aromatic carbocycles. The van der Waals surface area contributed by atoms with Gasteiger partial charge in [-0.2, -0.15) is 0 Å². The van der Waals surface area contributed by atoms with Gasteiger partial charge < -0.3 is 15.6 Å². The van der Waals surface area contributed by atoms with E-state index in [0.717, 1.165) is 0 Å². The van der Waals surface area contributed by atoms with E-state index in [2.05, 4.69) is 0 Å². The largest absolute Gasteiger partial charge is 0.482 e. The van der Waals surface area contributed by atoms with E-state index in [1.54, 1.807) is 18.2 Å². The van der Waals surface area contributed by atoms with Crippen molar-refractivity contribution in [1.29, 1.82) is 0 Å². The van der Waals surface area contributed by atoms with Crippen LogP contribution in [0.4, 0.5) is 10.1 Å². The van der Waals surface area contributed by atoms with Crippen LogP contribution < -0.4 is 10.5 Å². The van der Waals surface area contributed by atoms with Crippen molar-refractivity contribution >= 4 is 18.1 Å². The molecule has 1 atom stereocenters. The van der Waals surface area contributed by atoms with Crippen LogP contribution in [0.5, 0.6) is 5.75 Å². The zero-order valence-electron chi connectivity index (χ0n) is 12.7. The van der Waals surface area contributed by atoms with Gasteiger partial charge in [-0.15, -0.1) is 12.4 Å². The summed E-state index contributed by atoms with van der Waals surface area (Å²) in [6, 6.07) is 9.67. The van der Waals surface area contributed by atoms with Crippen LogP contribution in [-0.4, -0.2) is 16.6 Å². The summed E-state index contributed by atoms with van der Waals surface area (Å²) in [5, 5.41) is 20.1. The number of hydrogen-bond acceptors (Lipinski definition) is 5. The lowest BCUT2D eigenvalue weighted by Crippen LogP contribution is -2.12. The monoisotopic (exact) mass is 356 g/mol. The number of nitro groups is 1. The third-order valence-corrected chi connectivity index (χ3v) is 3.36. The van der Waals surface area contributed by atoms with Crippen molar-refractivity contribution < 1.29 is 19.2 Å². The Balaban J connectivity index is 0.00000288. The molecule has 3 N–H and O–H groups in total. The molecule has 130 valence electrons. The van der Waals surface area contributed by atoms with E-state index >= 15 is 0 Å². The van der Waals surface area contributed by atoms with Gasteiger partial charge in [0, 0.05) is 18.7 Å². The highest BCUT2D eigenvalue weighted by Crippen LogP contribution is 2.31. The van der Waals surface area contributed by atoms with Crippen molar-refractivity contribution in [3.05, 3.63) is 69.5 Å². The van der Waals surface area contributed by atoms with Crippen molar-refractivity contribution in [3.8, 4) is 5.75 Å². The molecule has 6 nitrogen and oxygen atoms in total. The van der Waals surface area contributed by atoms with Crippen LogP contribution in [0.1, 0.15) is 23.6 Å². The number of halogens is 2. The lowest BCUT2D eigenvalue weighted by Gasteiger charge is -2.12. The van der Waals surface area contributed by atoms with Gasteiger partial charge in [0.2, 0.25) is 0 Å². The number of nitrogens with two attached hydrogens (primary N) is 1. The Morgan fingerprint density at radius 1 is 1.25 bits per heavy atom. The number of aliphatic hydroxyl groups excluding tert-OH is 1. The van der Waals surface area contributed by atoms with E-state index in [0.29, 0.717) is 17.5 Å². The minimum atomic E-state index is -0.546. The van der Waals surface area contributed by atoms with Crippen LogP contribution in [-0.2, 0) is 6.61 Å². The summed E-state index contributed by atoms with van der Waals surface area (Å²) in [6.45, 7) is -0.0130. The molecule has 0 saturated heterocycles. The molecule has 0 bridgehead atoms. The summed E-state index contributed by atoms with van der Waals surface area (Å²) < 4.78 is 18.3. The number of aliphatic hydroxyl groups is 1. The zero-order valence-corrected chi connectivity index (χ0v) is 13.5. The second-order valence-corrected chi connectivity index (χ2v) is 5.02. The van der Waals surface area contributed by atoms with E-state index in [4.69, 9.17) is 15.6 Å². The van der Waals surface area contributed by atoms with Gasteiger partial charge in [-0.05, 0) is 35.7 Å². The standard InChI is InChI=1S/C16H17FN2O4.ClH/c17-13-4-1-11(2-5-13)10-23-16-6-3-12(14(18)7-8-20)9-15(16)19(21)22;/h1-6,9,14,20H,7-8,10,18H2;1H. The molecule has 0 aliphatic rings. The summed E-state index contributed by atoms with van der Waals surface area (Å²) in [5.41, 5.74) is 6.90. The highest BCUT2D eigenvalue weighted by atomic mass is 35.5. The van der Waals surface area contributed by atoms with Gasteiger partial charge >= 0.3 is 5.69 Å². The summed E-state index contributed by atoms with van der Waals surface area (Å²) >= 11 is 0. The number of benzene rings is 2. The first-order valence-electron chi connectivity index (χ1n) is 7.03. The van der Waals surface area contributed by atoms with Crippen LogP contribution in [0.25, 0.3) is 0 Å². The Bertz CT molecular complexity index is 682. The molecule has 0 heterocycles. The van der Waals surface area contributed by atoms with E-state index in [9.17, 15) is 14.5 Å². The first-order valence-corrected chi connectivity index (χ1v) is 7.03. The smallest absolute Gasteiger partial charge is 0.311 e. The molecule has 2 rings (SSSR count). The summed E-state index contributed by atoms with van der Waals surface area (Å²) in [6.07, 6.45) is 0.312. The molecule has 0 aromatic heterocycles. The first kappa shape index (κ1) is 19.8. The molecule has 8 heteroatoms. The molecule has 24 heavy (non-hydrogen) atoms. The van der Waals surface area contributed by atoms with Crippen LogP contribution in [0, 0.1) is 15.9 Å². The number of nitrogens with zero attached hydrogens (tertiary/aromatic N) is 1. The fraction of sp³-hybridized carbons (Fsp3) is 0.250. The number of nitro benzene ring substituents is 1. The molecule has 0 fully saturated rings. The predicted octanol–water partition coefficient (Wildman–Crippen LogP) is 3.12. The fourth-order valence-electron chi connectivity index (χ4n) is 2.08. The molecule has 0 amide bonds. The Morgan fingerprint density at radius 3 is 2.50 bits per heavy atom. The molecule has 1 unspecified atom stereocenters. The molecule has 0 radical (unpaired) electrons. The summed E-state index contributed by atoms with van der Waals surface area (Å²) in [4.78, 5) is 10.6. The quantitative estimate of drug-likeness (QED) is 0.586. The Morgan fingerprint density at radius 2 is 1.92 bits per heavy atom. The lowest BCUT2D eigenvalue weighted by molar-refractivity contribution is -0.386. The number of hydrogen-bond donors (Lipinski definition) is 2. The molecule has 0 spiro atoms. The maximum Gasteiger partial charge on any atom is 0.311 e.